The summed E-state index contributed by atoms with van der Waals surface area (Å²) in [5, 5.41) is 18.4. The molecule has 2 rings (SSSR count). The van der Waals surface area contributed by atoms with Crippen LogP contribution in [0, 0.1) is 0 Å². The van der Waals surface area contributed by atoms with E-state index in [2.05, 4.69) is 10.2 Å². The highest BCUT2D eigenvalue weighted by molar-refractivity contribution is 5.88. The molecular weight excluding hydrogens is 272 g/mol. The first-order chi connectivity index (χ1) is 10.0. The molecule has 1 N–H and O–H groups in total. The van der Waals surface area contributed by atoms with Crippen LogP contribution in [0.25, 0.3) is 11.4 Å². The average Bonchev–Trinajstić information content (AvgIpc) is 3.05. The minimum atomic E-state index is -0.526. The zero-order valence-electron chi connectivity index (χ0n) is 12.5. The number of nitrogens with zero attached hydrogens (tertiary/aromatic N) is 4. The number of esters is 1. The van der Waals surface area contributed by atoms with Crippen LogP contribution < -0.4 is 0 Å². The lowest BCUT2D eigenvalue weighted by atomic mass is 10.2. The van der Waals surface area contributed by atoms with Crippen LogP contribution in [-0.4, -0.2) is 43.3 Å². The third kappa shape index (κ3) is 3.49. The number of carbonyl (C=O) groups is 1. The number of aliphatic hydroxyl groups is 1. The van der Waals surface area contributed by atoms with E-state index in [1.807, 2.05) is 26.2 Å². The third-order valence-corrected chi connectivity index (χ3v) is 3.10. The van der Waals surface area contributed by atoms with Crippen molar-refractivity contribution in [3.05, 3.63) is 24.0 Å². The summed E-state index contributed by atoms with van der Waals surface area (Å²) in [7, 11) is 1.82. The Bertz CT molecular complexity index is 618. The van der Waals surface area contributed by atoms with Crippen LogP contribution in [0.3, 0.4) is 0 Å². The van der Waals surface area contributed by atoms with Gasteiger partial charge in [0.15, 0.2) is 5.69 Å². The number of hydrogen-bond donors (Lipinski definition) is 1. The number of aromatic nitrogens is 4. The number of hydrogen-bond acceptors (Lipinski definition) is 5. The number of carbonyl (C=O) groups excluding carboxylic acids is 1. The van der Waals surface area contributed by atoms with E-state index in [9.17, 15) is 9.90 Å². The second-order valence-corrected chi connectivity index (χ2v) is 4.75. The molecule has 0 fully saturated rings. The molecule has 0 saturated carbocycles. The quantitative estimate of drug-likeness (QED) is 0.810. The Labute approximate surface area is 123 Å². The molecule has 7 nitrogen and oxygen atoms in total. The largest absolute Gasteiger partial charge is 0.461 e. The summed E-state index contributed by atoms with van der Waals surface area (Å²) >= 11 is 0. The first kappa shape index (κ1) is 15.2. The van der Waals surface area contributed by atoms with Crippen LogP contribution in [0.4, 0.5) is 0 Å². The molecule has 1 unspecified atom stereocenters. The Morgan fingerprint density at radius 2 is 2.19 bits per heavy atom. The summed E-state index contributed by atoms with van der Waals surface area (Å²) in [4.78, 5) is 11.8. The highest BCUT2D eigenvalue weighted by atomic mass is 16.5. The van der Waals surface area contributed by atoms with Crippen LogP contribution in [0.1, 0.15) is 30.8 Å². The summed E-state index contributed by atoms with van der Waals surface area (Å²) in [6.45, 7) is 4.24. The van der Waals surface area contributed by atoms with Crippen molar-refractivity contribution in [1.29, 1.82) is 0 Å². The van der Waals surface area contributed by atoms with Gasteiger partial charge in [-0.15, -0.1) is 0 Å². The van der Waals surface area contributed by atoms with E-state index >= 15 is 0 Å². The van der Waals surface area contributed by atoms with Gasteiger partial charge in [-0.3, -0.25) is 9.36 Å². The first-order valence-electron chi connectivity index (χ1n) is 6.98. The van der Waals surface area contributed by atoms with Gasteiger partial charge in [0.05, 0.1) is 24.9 Å². The SMILES string of the molecule is CCOC(=O)c1cc(-c2ccn(C)n2)n(CC(O)CC)n1. The fraction of sp³-hybridized carbons (Fsp3) is 0.500. The van der Waals surface area contributed by atoms with Crippen molar-refractivity contribution < 1.29 is 14.6 Å². The van der Waals surface area contributed by atoms with Gasteiger partial charge in [0.2, 0.25) is 0 Å². The molecular formula is C14H20N4O3. The molecule has 0 aromatic carbocycles. The van der Waals surface area contributed by atoms with Gasteiger partial charge in [0.25, 0.3) is 0 Å². The summed E-state index contributed by atoms with van der Waals surface area (Å²) in [6.07, 6.45) is 1.89. The predicted molar refractivity (Wildman–Crippen MR) is 76.7 cm³/mol. The average molecular weight is 292 g/mol. The number of rotatable bonds is 6. The lowest BCUT2D eigenvalue weighted by Gasteiger charge is -2.10. The van der Waals surface area contributed by atoms with Crippen LogP contribution in [0.2, 0.25) is 0 Å². The fourth-order valence-electron chi connectivity index (χ4n) is 1.95. The standard InChI is InChI=1S/C14H20N4O3/c1-4-10(19)9-18-13(11-6-7-17(3)15-11)8-12(16-18)14(20)21-5-2/h6-8,10,19H,4-5,9H2,1-3H3. The highest BCUT2D eigenvalue weighted by Gasteiger charge is 2.19. The van der Waals surface area contributed by atoms with E-state index in [1.54, 1.807) is 22.4 Å². The molecule has 2 aromatic rings. The summed E-state index contributed by atoms with van der Waals surface area (Å²) < 4.78 is 8.24. The van der Waals surface area contributed by atoms with Crippen molar-refractivity contribution in [2.75, 3.05) is 6.61 Å². The van der Waals surface area contributed by atoms with Crippen molar-refractivity contribution in [3.8, 4) is 11.4 Å². The van der Waals surface area contributed by atoms with Crippen LogP contribution >= 0.6 is 0 Å². The monoisotopic (exact) mass is 292 g/mol. The smallest absolute Gasteiger partial charge is 0.358 e. The van der Waals surface area contributed by atoms with Gasteiger partial charge in [-0.25, -0.2) is 4.79 Å². The Morgan fingerprint density at radius 3 is 2.76 bits per heavy atom. The second-order valence-electron chi connectivity index (χ2n) is 4.75. The van der Waals surface area contributed by atoms with Crippen molar-refractivity contribution >= 4 is 5.97 Å². The van der Waals surface area contributed by atoms with Crippen LogP contribution in [0.15, 0.2) is 18.3 Å². The predicted octanol–water partition coefficient (Wildman–Crippen LogP) is 1.23. The normalized spacial score (nSPS) is 12.4. The lowest BCUT2D eigenvalue weighted by Crippen LogP contribution is -2.17. The molecule has 0 aliphatic heterocycles. The lowest BCUT2D eigenvalue weighted by molar-refractivity contribution is 0.0517. The zero-order chi connectivity index (χ0) is 15.4. The van der Waals surface area contributed by atoms with Gasteiger partial charge in [-0.05, 0) is 19.4 Å². The minimum Gasteiger partial charge on any atom is -0.461 e. The van der Waals surface area contributed by atoms with Gasteiger partial charge in [-0.1, -0.05) is 6.92 Å². The molecule has 21 heavy (non-hydrogen) atoms. The van der Waals surface area contributed by atoms with E-state index in [1.165, 1.54) is 0 Å². The van der Waals surface area contributed by atoms with Crippen molar-refractivity contribution in [2.24, 2.45) is 7.05 Å². The van der Waals surface area contributed by atoms with Crippen molar-refractivity contribution in [1.82, 2.24) is 19.6 Å². The Balaban J connectivity index is 2.38. The summed E-state index contributed by atoms with van der Waals surface area (Å²) in [5.74, 6) is -0.473. The maximum absolute atomic E-state index is 11.8. The molecule has 0 bridgehead atoms. The molecule has 1 atom stereocenters. The number of ether oxygens (including phenoxy) is 1. The number of aliphatic hydroxyl groups excluding tert-OH is 1. The maximum atomic E-state index is 11.8. The Morgan fingerprint density at radius 1 is 1.43 bits per heavy atom. The van der Waals surface area contributed by atoms with E-state index in [4.69, 9.17) is 4.74 Å². The van der Waals surface area contributed by atoms with E-state index in [0.29, 0.717) is 31.0 Å². The zero-order valence-corrected chi connectivity index (χ0v) is 12.5. The van der Waals surface area contributed by atoms with Gasteiger partial charge >= 0.3 is 5.97 Å². The highest BCUT2D eigenvalue weighted by Crippen LogP contribution is 2.20. The molecule has 114 valence electrons. The van der Waals surface area contributed by atoms with Gasteiger partial charge in [0.1, 0.15) is 5.69 Å². The summed E-state index contributed by atoms with van der Waals surface area (Å²) in [6, 6.07) is 3.48. The molecule has 2 heterocycles. The van der Waals surface area contributed by atoms with Gasteiger partial charge in [-0.2, -0.15) is 10.2 Å². The molecule has 0 amide bonds. The van der Waals surface area contributed by atoms with E-state index < -0.39 is 12.1 Å². The topological polar surface area (TPSA) is 82.2 Å². The first-order valence-corrected chi connectivity index (χ1v) is 6.98. The maximum Gasteiger partial charge on any atom is 0.358 e. The molecule has 0 aliphatic carbocycles. The van der Waals surface area contributed by atoms with Gasteiger partial charge < -0.3 is 9.84 Å². The van der Waals surface area contributed by atoms with Crippen LogP contribution in [-0.2, 0) is 18.3 Å². The fourth-order valence-corrected chi connectivity index (χ4v) is 1.95. The molecule has 0 saturated heterocycles. The van der Waals surface area contributed by atoms with Crippen LogP contribution in [0.5, 0.6) is 0 Å². The third-order valence-electron chi connectivity index (χ3n) is 3.10. The van der Waals surface area contributed by atoms with E-state index in [-0.39, 0.29) is 5.69 Å². The van der Waals surface area contributed by atoms with Crippen molar-refractivity contribution in [3.63, 3.8) is 0 Å². The number of aryl methyl sites for hydroxylation is 1. The molecule has 0 radical (unpaired) electrons. The molecule has 0 aliphatic rings. The summed E-state index contributed by atoms with van der Waals surface area (Å²) in [5.41, 5.74) is 1.61. The van der Waals surface area contributed by atoms with Crippen molar-refractivity contribution in [2.45, 2.75) is 32.9 Å². The molecule has 0 spiro atoms. The van der Waals surface area contributed by atoms with Gasteiger partial charge in [0, 0.05) is 19.3 Å². The minimum absolute atomic E-state index is 0.223. The second kappa shape index (κ2) is 6.53. The Hall–Kier alpha value is -2.15. The molecule has 2 aromatic heterocycles. The molecule has 7 heteroatoms. The Kier molecular flexibility index (Phi) is 4.74. The van der Waals surface area contributed by atoms with E-state index in [0.717, 1.165) is 0 Å².